The second-order valence-electron chi connectivity index (χ2n) is 4.46. The van der Waals surface area contributed by atoms with Crippen LogP contribution in [0.25, 0.3) is 10.9 Å². The average Bonchev–Trinajstić information content (AvgIpc) is 2.79. The highest BCUT2D eigenvalue weighted by Gasteiger charge is 2.08. The SMILES string of the molecule is Nc1cccc2ccn(Cc3cc(F)ccc3F)c12. The molecule has 0 amide bonds. The monoisotopic (exact) mass is 258 g/mol. The summed E-state index contributed by atoms with van der Waals surface area (Å²) >= 11 is 0. The first-order valence-electron chi connectivity index (χ1n) is 5.92. The molecule has 0 aliphatic heterocycles. The van der Waals surface area contributed by atoms with Crippen molar-refractivity contribution >= 4 is 16.6 Å². The predicted molar refractivity (Wildman–Crippen MR) is 71.8 cm³/mol. The molecule has 96 valence electrons. The molecule has 0 unspecified atom stereocenters. The highest BCUT2D eigenvalue weighted by Crippen LogP contribution is 2.23. The fourth-order valence-corrected chi connectivity index (χ4v) is 2.27. The van der Waals surface area contributed by atoms with Crippen LogP contribution in [0.1, 0.15) is 5.56 Å². The Kier molecular flexibility index (Phi) is 2.71. The Balaban J connectivity index is 2.08. The standard InChI is InChI=1S/C15H12F2N2/c16-12-4-5-13(17)11(8-12)9-19-7-6-10-2-1-3-14(18)15(10)19/h1-8H,9,18H2. The third-order valence-electron chi connectivity index (χ3n) is 3.17. The van der Waals surface area contributed by atoms with E-state index in [-0.39, 0.29) is 6.54 Å². The number of hydrogen-bond acceptors (Lipinski definition) is 1. The van der Waals surface area contributed by atoms with E-state index in [0.717, 1.165) is 23.0 Å². The van der Waals surface area contributed by atoms with E-state index in [2.05, 4.69) is 0 Å². The van der Waals surface area contributed by atoms with Crippen LogP contribution in [0, 0.1) is 11.6 Å². The van der Waals surface area contributed by atoms with Crippen LogP contribution >= 0.6 is 0 Å². The predicted octanol–water partition coefficient (Wildman–Crippen LogP) is 3.55. The maximum atomic E-state index is 13.7. The number of nitrogens with two attached hydrogens (primary N) is 1. The van der Waals surface area contributed by atoms with E-state index in [4.69, 9.17) is 5.73 Å². The first-order chi connectivity index (χ1) is 9.15. The van der Waals surface area contributed by atoms with Crippen molar-refractivity contribution in [3.8, 4) is 0 Å². The molecule has 0 spiro atoms. The summed E-state index contributed by atoms with van der Waals surface area (Å²) in [6.07, 6.45) is 1.82. The molecule has 0 aliphatic carbocycles. The topological polar surface area (TPSA) is 30.9 Å². The summed E-state index contributed by atoms with van der Waals surface area (Å²) in [5, 5.41) is 0.983. The van der Waals surface area contributed by atoms with E-state index in [1.165, 1.54) is 6.07 Å². The van der Waals surface area contributed by atoms with Crippen LogP contribution < -0.4 is 5.73 Å². The van der Waals surface area contributed by atoms with Gasteiger partial charge in [0.25, 0.3) is 0 Å². The van der Waals surface area contributed by atoms with Gasteiger partial charge in [0.2, 0.25) is 0 Å². The third kappa shape index (κ3) is 2.05. The number of aromatic nitrogens is 1. The molecule has 1 heterocycles. The molecule has 4 heteroatoms. The van der Waals surface area contributed by atoms with Crippen LogP contribution in [0.4, 0.5) is 14.5 Å². The van der Waals surface area contributed by atoms with Gasteiger partial charge in [-0.25, -0.2) is 8.78 Å². The summed E-state index contributed by atoms with van der Waals surface area (Å²) in [6.45, 7) is 0.251. The van der Waals surface area contributed by atoms with Crippen LogP contribution in [0.2, 0.25) is 0 Å². The summed E-state index contributed by atoms with van der Waals surface area (Å²) in [4.78, 5) is 0. The van der Waals surface area contributed by atoms with Gasteiger partial charge in [0, 0.05) is 17.1 Å². The second-order valence-corrected chi connectivity index (χ2v) is 4.46. The first-order valence-corrected chi connectivity index (χ1v) is 5.92. The van der Waals surface area contributed by atoms with Gasteiger partial charge in [-0.1, -0.05) is 12.1 Å². The molecule has 1 aromatic heterocycles. The third-order valence-corrected chi connectivity index (χ3v) is 3.17. The van der Waals surface area contributed by atoms with Gasteiger partial charge < -0.3 is 10.3 Å². The van der Waals surface area contributed by atoms with Crippen molar-refractivity contribution in [2.75, 3.05) is 5.73 Å². The van der Waals surface area contributed by atoms with Crippen molar-refractivity contribution in [3.05, 3.63) is 65.9 Å². The Labute approximate surface area is 109 Å². The summed E-state index contributed by atoms with van der Waals surface area (Å²) in [5.41, 5.74) is 7.70. The first kappa shape index (κ1) is 11.7. The molecule has 0 radical (unpaired) electrons. The minimum absolute atomic E-state index is 0.251. The molecule has 2 N–H and O–H groups in total. The lowest BCUT2D eigenvalue weighted by Gasteiger charge is -2.08. The Morgan fingerprint density at radius 3 is 2.74 bits per heavy atom. The van der Waals surface area contributed by atoms with Crippen LogP contribution in [-0.2, 0) is 6.54 Å². The largest absolute Gasteiger partial charge is 0.397 e. The van der Waals surface area contributed by atoms with Crippen LogP contribution in [0.3, 0.4) is 0 Å². The summed E-state index contributed by atoms with van der Waals surface area (Å²) < 4.78 is 28.6. The van der Waals surface area contributed by atoms with Crippen LogP contribution in [-0.4, -0.2) is 4.57 Å². The number of benzene rings is 2. The lowest BCUT2D eigenvalue weighted by molar-refractivity contribution is 0.579. The summed E-state index contributed by atoms with van der Waals surface area (Å²) in [5.74, 6) is -0.862. The Morgan fingerprint density at radius 2 is 1.89 bits per heavy atom. The number of anilines is 1. The van der Waals surface area contributed by atoms with Crippen molar-refractivity contribution < 1.29 is 8.78 Å². The van der Waals surface area contributed by atoms with E-state index in [0.29, 0.717) is 11.3 Å². The van der Waals surface area contributed by atoms with Crippen molar-refractivity contribution in [2.24, 2.45) is 0 Å². The van der Waals surface area contributed by atoms with E-state index in [9.17, 15) is 8.78 Å². The maximum absolute atomic E-state index is 13.7. The van der Waals surface area contributed by atoms with Crippen molar-refractivity contribution in [3.63, 3.8) is 0 Å². The molecule has 0 aliphatic rings. The lowest BCUT2D eigenvalue weighted by Crippen LogP contribution is -2.02. The molecule has 2 aromatic carbocycles. The van der Waals surface area contributed by atoms with E-state index in [1.807, 2.05) is 29.0 Å². The zero-order valence-electron chi connectivity index (χ0n) is 10.1. The molecular formula is C15H12F2N2. The Bertz CT molecular complexity index is 747. The molecule has 0 atom stereocenters. The second kappa shape index (κ2) is 4.39. The number of nitrogen functional groups attached to an aromatic ring is 1. The molecule has 0 saturated carbocycles. The normalized spacial score (nSPS) is 11.1. The number of rotatable bonds is 2. The van der Waals surface area contributed by atoms with Crippen molar-refractivity contribution in [1.82, 2.24) is 4.57 Å². The molecule has 0 saturated heterocycles. The van der Waals surface area contributed by atoms with Crippen molar-refractivity contribution in [2.45, 2.75) is 6.54 Å². The van der Waals surface area contributed by atoms with Gasteiger partial charge in [0.05, 0.1) is 17.7 Å². The van der Waals surface area contributed by atoms with Gasteiger partial charge in [-0.05, 0) is 30.3 Å². The zero-order valence-corrected chi connectivity index (χ0v) is 10.1. The van der Waals surface area contributed by atoms with E-state index < -0.39 is 11.6 Å². The van der Waals surface area contributed by atoms with Crippen molar-refractivity contribution in [1.29, 1.82) is 0 Å². The number of para-hydroxylation sites is 1. The molecule has 3 rings (SSSR count). The molecule has 0 fully saturated rings. The average molecular weight is 258 g/mol. The highest BCUT2D eigenvalue weighted by molar-refractivity contribution is 5.90. The fraction of sp³-hybridized carbons (Fsp3) is 0.0667. The number of hydrogen-bond donors (Lipinski definition) is 1. The molecular weight excluding hydrogens is 246 g/mol. The zero-order chi connectivity index (χ0) is 13.4. The minimum atomic E-state index is -0.444. The molecule has 3 aromatic rings. The maximum Gasteiger partial charge on any atom is 0.128 e. The Morgan fingerprint density at radius 1 is 1.05 bits per heavy atom. The molecule has 2 nitrogen and oxygen atoms in total. The minimum Gasteiger partial charge on any atom is -0.397 e. The van der Waals surface area contributed by atoms with Gasteiger partial charge in [-0.3, -0.25) is 0 Å². The Hall–Kier alpha value is -2.36. The number of halogens is 2. The summed E-state index contributed by atoms with van der Waals surface area (Å²) in [6, 6.07) is 11.0. The molecule has 19 heavy (non-hydrogen) atoms. The highest BCUT2D eigenvalue weighted by atomic mass is 19.1. The van der Waals surface area contributed by atoms with E-state index in [1.54, 1.807) is 6.07 Å². The lowest BCUT2D eigenvalue weighted by atomic mass is 10.2. The van der Waals surface area contributed by atoms with Gasteiger partial charge in [0.15, 0.2) is 0 Å². The number of fused-ring (bicyclic) bond motifs is 1. The number of nitrogens with zero attached hydrogens (tertiary/aromatic N) is 1. The quantitative estimate of drug-likeness (QED) is 0.700. The summed E-state index contributed by atoms with van der Waals surface area (Å²) in [7, 11) is 0. The fourth-order valence-electron chi connectivity index (χ4n) is 2.27. The smallest absolute Gasteiger partial charge is 0.128 e. The molecule has 0 bridgehead atoms. The van der Waals surface area contributed by atoms with Gasteiger partial charge >= 0.3 is 0 Å². The van der Waals surface area contributed by atoms with Gasteiger partial charge in [-0.15, -0.1) is 0 Å². The van der Waals surface area contributed by atoms with E-state index >= 15 is 0 Å². The van der Waals surface area contributed by atoms with Gasteiger partial charge in [-0.2, -0.15) is 0 Å². The van der Waals surface area contributed by atoms with Crippen LogP contribution in [0.5, 0.6) is 0 Å². The van der Waals surface area contributed by atoms with Gasteiger partial charge in [0.1, 0.15) is 11.6 Å². The van der Waals surface area contributed by atoms with Crippen LogP contribution in [0.15, 0.2) is 48.7 Å².